The second kappa shape index (κ2) is 17.3. The average Bonchev–Trinajstić information content (AvgIpc) is 2.53. The first-order valence-corrected chi connectivity index (χ1v) is 10.3. The van der Waals surface area contributed by atoms with Crippen LogP contribution in [0.5, 0.6) is 0 Å². The summed E-state index contributed by atoms with van der Waals surface area (Å²) in [6.07, 6.45) is 24.3. The second-order valence-corrected chi connectivity index (χ2v) is 7.84. The molecule has 24 heavy (non-hydrogen) atoms. The molecule has 0 aromatic carbocycles. The van der Waals surface area contributed by atoms with Crippen molar-refractivity contribution in [1.82, 2.24) is 9.80 Å². The molecular formula is C22H44N2. The number of unbranched alkanes of at least 4 members (excludes halogenated alkanes) is 10. The van der Waals surface area contributed by atoms with E-state index in [-0.39, 0.29) is 0 Å². The molecule has 2 heteroatoms. The Kier molecular flexibility index (Phi) is 16.9. The molecule has 0 bridgehead atoms. The zero-order valence-corrected chi connectivity index (χ0v) is 17.2. The van der Waals surface area contributed by atoms with Crippen molar-refractivity contribution in [3.63, 3.8) is 0 Å². The lowest BCUT2D eigenvalue weighted by atomic mass is 10.0. The summed E-state index contributed by atoms with van der Waals surface area (Å²) < 4.78 is 0. The Labute approximate surface area is 153 Å². The van der Waals surface area contributed by atoms with E-state index in [0.717, 1.165) is 12.8 Å². The van der Waals surface area contributed by atoms with Crippen LogP contribution in [-0.4, -0.2) is 50.6 Å². The topological polar surface area (TPSA) is 6.48 Å². The summed E-state index contributed by atoms with van der Waals surface area (Å²) in [6.45, 7) is 1.25. The molecule has 0 fully saturated rings. The van der Waals surface area contributed by atoms with E-state index < -0.39 is 0 Å². The van der Waals surface area contributed by atoms with Gasteiger partial charge in [-0.05, 0) is 54.0 Å². The van der Waals surface area contributed by atoms with Crippen LogP contribution in [0.2, 0.25) is 0 Å². The van der Waals surface area contributed by atoms with Gasteiger partial charge in [0.15, 0.2) is 0 Å². The van der Waals surface area contributed by atoms with Gasteiger partial charge in [-0.25, -0.2) is 0 Å². The zero-order valence-electron chi connectivity index (χ0n) is 17.2. The molecule has 0 spiro atoms. The number of hydrogen-bond acceptors (Lipinski definition) is 2. The quantitative estimate of drug-likeness (QED) is 0.253. The van der Waals surface area contributed by atoms with Crippen LogP contribution in [0.1, 0.15) is 89.9 Å². The summed E-state index contributed by atoms with van der Waals surface area (Å²) in [5.74, 6) is 2.78. The van der Waals surface area contributed by atoms with Crippen molar-refractivity contribution in [2.75, 3.05) is 34.7 Å². The molecule has 0 aliphatic rings. The summed E-state index contributed by atoms with van der Waals surface area (Å²) in [5, 5.41) is 0. The Bertz CT molecular complexity index is 291. The molecule has 2 nitrogen and oxygen atoms in total. The van der Waals surface area contributed by atoms with E-state index in [1.165, 1.54) is 83.6 Å². The number of rotatable bonds is 17. The third kappa shape index (κ3) is 16.3. The molecule has 0 N–H and O–H groups in total. The molecule has 142 valence electrons. The van der Waals surface area contributed by atoms with Gasteiger partial charge in [-0.2, -0.15) is 0 Å². The highest BCUT2D eigenvalue weighted by atomic mass is 15.1. The highest BCUT2D eigenvalue weighted by Crippen LogP contribution is 2.15. The fourth-order valence-corrected chi connectivity index (χ4v) is 3.31. The highest BCUT2D eigenvalue weighted by Gasteiger charge is 2.09. The Morgan fingerprint density at radius 2 is 1.12 bits per heavy atom. The van der Waals surface area contributed by atoms with Gasteiger partial charge in [0.1, 0.15) is 0 Å². The molecule has 0 radical (unpaired) electrons. The second-order valence-electron chi connectivity index (χ2n) is 7.84. The van der Waals surface area contributed by atoms with Gasteiger partial charge in [0.25, 0.3) is 0 Å². The van der Waals surface area contributed by atoms with Crippen LogP contribution in [0, 0.1) is 12.3 Å². The molecule has 0 aliphatic carbocycles. The molecule has 0 saturated heterocycles. The lowest BCUT2D eigenvalue weighted by Gasteiger charge is -2.23. The van der Waals surface area contributed by atoms with Gasteiger partial charge in [-0.3, -0.25) is 0 Å². The van der Waals surface area contributed by atoms with Crippen molar-refractivity contribution in [3.05, 3.63) is 0 Å². The van der Waals surface area contributed by atoms with Gasteiger partial charge in [-0.1, -0.05) is 64.2 Å². The van der Waals surface area contributed by atoms with Crippen molar-refractivity contribution in [2.24, 2.45) is 0 Å². The van der Waals surface area contributed by atoms with Crippen molar-refractivity contribution in [2.45, 2.75) is 95.9 Å². The minimum Gasteiger partial charge on any atom is -0.309 e. The monoisotopic (exact) mass is 336 g/mol. The van der Waals surface area contributed by atoms with Crippen LogP contribution in [0.25, 0.3) is 0 Å². The van der Waals surface area contributed by atoms with Crippen LogP contribution < -0.4 is 0 Å². The van der Waals surface area contributed by atoms with Crippen LogP contribution >= 0.6 is 0 Å². The van der Waals surface area contributed by atoms with E-state index >= 15 is 0 Å². The van der Waals surface area contributed by atoms with Gasteiger partial charge >= 0.3 is 0 Å². The minimum atomic E-state index is 0.675. The van der Waals surface area contributed by atoms with E-state index in [0.29, 0.717) is 6.04 Å². The summed E-state index contributed by atoms with van der Waals surface area (Å²) in [5.41, 5.74) is 0. The maximum Gasteiger partial charge on any atom is 0.0101 e. The van der Waals surface area contributed by atoms with Gasteiger partial charge in [0.2, 0.25) is 0 Å². The van der Waals surface area contributed by atoms with Crippen molar-refractivity contribution in [3.8, 4) is 12.3 Å². The predicted molar refractivity (Wildman–Crippen MR) is 110 cm³/mol. The fourth-order valence-electron chi connectivity index (χ4n) is 3.31. The highest BCUT2D eigenvalue weighted by molar-refractivity contribution is 4.85. The predicted octanol–water partition coefficient (Wildman–Crippen LogP) is 5.57. The Morgan fingerprint density at radius 3 is 1.54 bits per heavy atom. The third-order valence-corrected chi connectivity index (χ3v) is 4.99. The summed E-state index contributed by atoms with van der Waals surface area (Å²) in [6, 6.07) is 0.675. The molecule has 0 heterocycles. The molecule has 1 unspecified atom stereocenters. The largest absolute Gasteiger partial charge is 0.309 e. The molecule has 0 saturated carbocycles. The van der Waals surface area contributed by atoms with Crippen LogP contribution in [0.4, 0.5) is 0 Å². The van der Waals surface area contributed by atoms with E-state index in [4.69, 9.17) is 6.42 Å². The summed E-state index contributed by atoms with van der Waals surface area (Å²) >= 11 is 0. The maximum atomic E-state index is 5.39. The molecule has 0 aliphatic heterocycles. The number of terminal acetylenes is 1. The van der Waals surface area contributed by atoms with E-state index in [1.54, 1.807) is 0 Å². The average molecular weight is 337 g/mol. The van der Waals surface area contributed by atoms with E-state index in [2.05, 4.69) is 43.9 Å². The number of nitrogens with zero attached hydrogens (tertiary/aromatic N) is 2. The Morgan fingerprint density at radius 1 is 0.667 bits per heavy atom. The van der Waals surface area contributed by atoms with Crippen molar-refractivity contribution in [1.29, 1.82) is 0 Å². The van der Waals surface area contributed by atoms with Gasteiger partial charge in [-0.15, -0.1) is 12.3 Å². The molecule has 1 atom stereocenters. The molecule has 0 aromatic heterocycles. The molecule has 0 aromatic rings. The Hall–Kier alpha value is -0.520. The third-order valence-electron chi connectivity index (χ3n) is 4.99. The first-order valence-electron chi connectivity index (χ1n) is 10.3. The van der Waals surface area contributed by atoms with Crippen molar-refractivity contribution >= 4 is 0 Å². The SMILES string of the molecule is C#CCCC(CCCCCCCCCCCCCN(C)C)N(C)C. The molecular weight excluding hydrogens is 292 g/mol. The van der Waals surface area contributed by atoms with Gasteiger partial charge < -0.3 is 9.80 Å². The lowest BCUT2D eigenvalue weighted by Crippen LogP contribution is -2.27. The Balaban J connectivity index is 3.28. The number of hydrogen-bond donors (Lipinski definition) is 0. The van der Waals surface area contributed by atoms with E-state index in [1.807, 2.05) is 0 Å². The standard InChI is InChI=1S/C22H44N2/c1-6-7-19-22(24(4)5)20-17-15-13-11-9-8-10-12-14-16-18-21-23(2)3/h1,22H,7-21H2,2-5H3. The van der Waals surface area contributed by atoms with Crippen LogP contribution in [-0.2, 0) is 0 Å². The zero-order chi connectivity index (χ0) is 18.0. The lowest BCUT2D eigenvalue weighted by molar-refractivity contribution is 0.259. The first-order chi connectivity index (χ1) is 11.6. The van der Waals surface area contributed by atoms with E-state index in [9.17, 15) is 0 Å². The molecule has 0 rings (SSSR count). The van der Waals surface area contributed by atoms with Gasteiger partial charge in [0, 0.05) is 12.5 Å². The van der Waals surface area contributed by atoms with Crippen LogP contribution in [0.3, 0.4) is 0 Å². The fraction of sp³-hybridized carbons (Fsp3) is 0.909. The first kappa shape index (κ1) is 23.5. The summed E-state index contributed by atoms with van der Waals surface area (Å²) in [7, 11) is 8.69. The maximum absolute atomic E-state index is 5.39. The normalized spacial score (nSPS) is 12.7. The molecule has 0 amide bonds. The smallest absolute Gasteiger partial charge is 0.0101 e. The summed E-state index contributed by atoms with van der Waals surface area (Å²) in [4.78, 5) is 4.63. The van der Waals surface area contributed by atoms with Crippen LogP contribution in [0.15, 0.2) is 0 Å². The van der Waals surface area contributed by atoms with Gasteiger partial charge in [0.05, 0.1) is 0 Å². The minimum absolute atomic E-state index is 0.675. The van der Waals surface area contributed by atoms with Crippen molar-refractivity contribution < 1.29 is 0 Å².